The number of β-amino-alcohol motifs (C(OH)–C–C–N with tert-alkyl or cyclic N) is 1. The van der Waals surface area contributed by atoms with Crippen molar-refractivity contribution in [3.63, 3.8) is 0 Å². The molecule has 1 saturated heterocycles. The third kappa shape index (κ3) is 5.64. The average molecular weight is 572 g/mol. The normalized spacial score (nSPS) is 21.1. The van der Waals surface area contributed by atoms with Crippen molar-refractivity contribution >= 4 is 17.6 Å². The lowest BCUT2D eigenvalue weighted by molar-refractivity contribution is -0.144. The number of aromatic nitrogens is 1. The third-order valence-electron chi connectivity index (χ3n) is 8.79. The first-order valence-electron chi connectivity index (χ1n) is 14.8. The van der Waals surface area contributed by atoms with Gasteiger partial charge in [0.25, 0.3) is 0 Å². The standard InChI is InChI=1S/C34H41N3O5/c1-19(2)30(26-13-21-9-7-8-10-25(21)31(26)39)33(41)37-17-24(38)15-29(37)32(40)35-16-23-12-11-22(14-28(23)34(4,5)6)27-18-42-36-20(27)3/h7-12,14,18-19,24,26,29-30,38H,13,15-17H2,1-6H3,(H,35,40). The first kappa shape index (κ1) is 29.7. The highest BCUT2D eigenvalue weighted by atomic mass is 16.5. The highest BCUT2D eigenvalue weighted by molar-refractivity contribution is 6.05. The van der Waals surface area contributed by atoms with Gasteiger partial charge in [0.05, 0.1) is 17.7 Å². The van der Waals surface area contributed by atoms with Crippen LogP contribution in [-0.2, 0) is 28.0 Å². The maximum Gasteiger partial charge on any atom is 0.243 e. The van der Waals surface area contributed by atoms with Crippen molar-refractivity contribution in [2.45, 2.75) is 78.5 Å². The van der Waals surface area contributed by atoms with Gasteiger partial charge in [-0.05, 0) is 46.9 Å². The van der Waals surface area contributed by atoms with Gasteiger partial charge in [-0.2, -0.15) is 0 Å². The van der Waals surface area contributed by atoms with E-state index in [2.05, 4.69) is 37.3 Å². The molecule has 8 heteroatoms. The first-order chi connectivity index (χ1) is 19.9. The number of likely N-dealkylation sites (tertiary alicyclic amines) is 1. The number of aryl methyl sites for hydroxylation is 1. The highest BCUT2D eigenvalue weighted by Crippen LogP contribution is 2.37. The summed E-state index contributed by atoms with van der Waals surface area (Å²) >= 11 is 0. The van der Waals surface area contributed by atoms with E-state index in [0.717, 1.165) is 33.5 Å². The summed E-state index contributed by atoms with van der Waals surface area (Å²) in [5.41, 5.74) is 6.23. The molecule has 3 aromatic rings. The first-order valence-corrected chi connectivity index (χ1v) is 14.8. The van der Waals surface area contributed by atoms with Crippen molar-refractivity contribution in [3.8, 4) is 11.1 Å². The van der Waals surface area contributed by atoms with E-state index in [9.17, 15) is 19.5 Å². The number of aliphatic hydroxyl groups is 1. The molecule has 4 atom stereocenters. The van der Waals surface area contributed by atoms with E-state index >= 15 is 0 Å². The number of rotatable bonds is 7. The Morgan fingerprint density at radius 2 is 1.88 bits per heavy atom. The Labute approximate surface area is 247 Å². The van der Waals surface area contributed by atoms with E-state index in [1.165, 1.54) is 4.90 Å². The smallest absolute Gasteiger partial charge is 0.243 e. The zero-order chi connectivity index (χ0) is 30.3. The van der Waals surface area contributed by atoms with Gasteiger partial charge in [0.15, 0.2) is 5.78 Å². The van der Waals surface area contributed by atoms with Crippen LogP contribution in [0.4, 0.5) is 0 Å². The molecule has 8 nitrogen and oxygen atoms in total. The molecule has 2 aromatic carbocycles. The second-order valence-corrected chi connectivity index (χ2v) is 13.2. The topological polar surface area (TPSA) is 113 Å². The zero-order valence-electron chi connectivity index (χ0n) is 25.3. The van der Waals surface area contributed by atoms with E-state index < -0.39 is 24.0 Å². The number of nitrogens with one attached hydrogen (secondary N) is 1. The molecule has 2 amide bonds. The number of amides is 2. The number of carbonyl (C=O) groups excluding carboxylic acids is 3. The lowest BCUT2D eigenvalue weighted by atomic mass is 9.79. The van der Waals surface area contributed by atoms with Crippen molar-refractivity contribution in [1.82, 2.24) is 15.4 Å². The predicted molar refractivity (Wildman–Crippen MR) is 160 cm³/mol. The van der Waals surface area contributed by atoms with Crippen LogP contribution in [-0.4, -0.2) is 51.5 Å². The van der Waals surface area contributed by atoms with Crippen LogP contribution in [0.1, 0.15) is 73.8 Å². The molecule has 0 spiro atoms. The molecular formula is C34H41N3O5. The fourth-order valence-electron chi connectivity index (χ4n) is 6.64. The number of aliphatic hydroxyl groups excluding tert-OH is 1. The van der Waals surface area contributed by atoms with Crippen LogP contribution in [0.2, 0.25) is 0 Å². The summed E-state index contributed by atoms with van der Waals surface area (Å²) in [5, 5.41) is 17.6. The molecule has 5 rings (SSSR count). The summed E-state index contributed by atoms with van der Waals surface area (Å²) in [7, 11) is 0. The van der Waals surface area contributed by atoms with Crippen LogP contribution in [0.25, 0.3) is 11.1 Å². The number of hydrogen-bond donors (Lipinski definition) is 2. The number of carbonyl (C=O) groups is 3. The number of hydrogen-bond acceptors (Lipinski definition) is 6. The lowest BCUT2D eigenvalue weighted by Crippen LogP contribution is -2.50. The summed E-state index contributed by atoms with van der Waals surface area (Å²) in [5.74, 6) is -1.72. The summed E-state index contributed by atoms with van der Waals surface area (Å²) in [6, 6.07) is 12.8. The van der Waals surface area contributed by atoms with Gasteiger partial charge in [0.2, 0.25) is 11.8 Å². The van der Waals surface area contributed by atoms with Crippen molar-refractivity contribution in [2.75, 3.05) is 6.54 Å². The lowest BCUT2D eigenvalue weighted by Gasteiger charge is -2.32. The molecule has 2 heterocycles. The van der Waals surface area contributed by atoms with Crippen LogP contribution < -0.4 is 5.32 Å². The fourth-order valence-corrected chi connectivity index (χ4v) is 6.64. The highest BCUT2D eigenvalue weighted by Gasteiger charge is 2.47. The molecule has 0 radical (unpaired) electrons. The van der Waals surface area contributed by atoms with E-state index in [1.807, 2.05) is 57.2 Å². The molecule has 2 aliphatic rings. The monoisotopic (exact) mass is 571 g/mol. The van der Waals surface area contributed by atoms with Crippen molar-refractivity contribution < 1.29 is 24.0 Å². The van der Waals surface area contributed by atoms with E-state index in [-0.39, 0.29) is 48.4 Å². The fraction of sp³-hybridized carbons (Fsp3) is 0.471. The maximum absolute atomic E-state index is 14.0. The second kappa shape index (κ2) is 11.5. The molecule has 0 saturated carbocycles. The van der Waals surface area contributed by atoms with E-state index in [0.29, 0.717) is 12.0 Å². The van der Waals surface area contributed by atoms with Gasteiger partial charge in [-0.3, -0.25) is 14.4 Å². The number of ketones is 1. The van der Waals surface area contributed by atoms with Gasteiger partial charge in [0.1, 0.15) is 12.3 Å². The molecule has 1 aliphatic heterocycles. The molecular weight excluding hydrogens is 530 g/mol. The minimum Gasteiger partial charge on any atom is -0.391 e. The van der Waals surface area contributed by atoms with E-state index in [1.54, 1.807) is 6.26 Å². The average Bonchev–Trinajstić information content (AvgIpc) is 3.64. The number of nitrogens with zero attached hydrogens (tertiary/aromatic N) is 2. The van der Waals surface area contributed by atoms with Crippen molar-refractivity contribution in [3.05, 3.63) is 76.7 Å². The van der Waals surface area contributed by atoms with Gasteiger partial charge < -0.3 is 19.8 Å². The number of Topliss-reactive ketones (excluding diaryl/α,β-unsaturated/α-hetero) is 1. The number of benzene rings is 2. The maximum atomic E-state index is 14.0. The van der Waals surface area contributed by atoms with Crippen LogP contribution in [0, 0.1) is 24.7 Å². The Bertz CT molecular complexity index is 1500. The van der Waals surface area contributed by atoms with Gasteiger partial charge in [-0.15, -0.1) is 0 Å². The summed E-state index contributed by atoms with van der Waals surface area (Å²) in [4.78, 5) is 42.5. The molecule has 0 bridgehead atoms. The van der Waals surface area contributed by atoms with Crippen LogP contribution in [0.3, 0.4) is 0 Å². The van der Waals surface area contributed by atoms with Crippen molar-refractivity contribution in [1.29, 1.82) is 0 Å². The summed E-state index contributed by atoms with van der Waals surface area (Å²) in [6.45, 7) is 12.5. The number of fused-ring (bicyclic) bond motifs is 1. The Balaban J connectivity index is 1.34. The minimum absolute atomic E-state index is 0.0158. The Hall–Kier alpha value is -3.78. The zero-order valence-corrected chi connectivity index (χ0v) is 25.3. The molecule has 1 aromatic heterocycles. The SMILES string of the molecule is Cc1nocc1-c1ccc(CNC(=O)C2CC(O)CN2C(=O)C(C(C)C)C2Cc3ccccc3C2=O)c(C(C)(C)C)c1. The van der Waals surface area contributed by atoms with Crippen LogP contribution in [0.15, 0.2) is 53.3 Å². The largest absolute Gasteiger partial charge is 0.391 e. The second-order valence-electron chi connectivity index (χ2n) is 13.2. The van der Waals surface area contributed by atoms with E-state index in [4.69, 9.17) is 4.52 Å². The summed E-state index contributed by atoms with van der Waals surface area (Å²) in [6.07, 6.45) is 1.51. The quantitative estimate of drug-likeness (QED) is 0.419. The molecule has 1 fully saturated rings. The molecule has 1 aliphatic carbocycles. The molecule has 2 N–H and O–H groups in total. The molecule has 222 valence electrons. The summed E-state index contributed by atoms with van der Waals surface area (Å²) < 4.78 is 5.14. The Kier molecular flexibility index (Phi) is 8.12. The van der Waals surface area contributed by atoms with Gasteiger partial charge in [0, 0.05) is 36.6 Å². The Morgan fingerprint density at radius 1 is 1.14 bits per heavy atom. The molecule has 42 heavy (non-hydrogen) atoms. The van der Waals surface area contributed by atoms with Gasteiger partial charge >= 0.3 is 0 Å². The van der Waals surface area contributed by atoms with Gasteiger partial charge in [-0.25, -0.2) is 0 Å². The third-order valence-corrected chi connectivity index (χ3v) is 8.79. The Morgan fingerprint density at radius 3 is 2.52 bits per heavy atom. The predicted octanol–water partition coefficient (Wildman–Crippen LogP) is 4.85. The minimum atomic E-state index is -0.801. The molecule has 4 unspecified atom stereocenters. The van der Waals surface area contributed by atoms with Crippen molar-refractivity contribution in [2.24, 2.45) is 17.8 Å². The van der Waals surface area contributed by atoms with Crippen LogP contribution >= 0.6 is 0 Å². The van der Waals surface area contributed by atoms with Crippen LogP contribution in [0.5, 0.6) is 0 Å². The van der Waals surface area contributed by atoms with Gasteiger partial charge in [-0.1, -0.05) is 82.2 Å².